The van der Waals surface area contributed by atoms with Crippen molar-refractivity contribution in [3.8, 4) is 0 Å². The summed E-state index contributed by atoms with van der Waals surface area (Å²) >= 11 is 0. The Bertz CT molecular complexity index is 381. The van der Waals surface area contributed by atoms with Gasteiger partial charge in [0.25, 0.3) is 0 Å². The molecular weight excluding hydrogens is 250 g/mol. The lowest BCUT2D eigenvalue weighted by Gasteiger charge is -2.26. The second-order valence-corrected chi connectivity index (χ2v) is 5.48. The van der Waals surface area contributed by atoms with Crippen LogP contribution >= 0.6 is 0 Å². The summed E-state index contributed by atoms with van der Waals surface area (Å²) in [4.78, 5) is 35.5. The summed E-state index contributed by atoms with van der Waals surface area (Å²) in [5.41, 5.74) is -0.629. The highest BCUT2D eigenvalue weighted by molar-refractivity contribution is 5.88. The molecule has 0 aliphatic carbocycles. The average molecular weight is 271 g/mol. The van der Waals surface area contributed by atoms with Crippen molar-refractivity contribution in [1.82, 2.24) is 15.5 Å². The molecule has 1 unspecified atom stereocenters. The Kier molecular flexibility index (Phi) is 4.74. The first-order chi connectivity index (χ1) is 8.71. The van der Waals surface area contributed by atoms with E-state index in [1.54, 1.807) is 25.8 Å². The van der Waals surface area contributed by atoms with E-state index in [2.05, 4.69) is 10.6 Å². The van der Waals surface area contributed by atoms with Gasteiger partial charge in [0.05, 0.1) is 0 Å². The third kappa shape index (κ3) is 4.76. The van der Waals surface area contributed by atoms with Gasteiger partial charge in [-0.1, -0.05) is 0 Å². The van der Waals surface area contributed by atoms with Crippen molar-refractivity contribution < 1.29 is 19.5 Å². The molecule has 3 amide bonds. The molecule has 1 aliphatic rings. The number of hydrogen-bond donors (Lipinski definition) is 3. The van der Waals surface area contributed by atoms with Crippen molar-refractivity contribution in [2.24, 2.45) is 0 Å². The zero-order valence-corrected chi connectivity index (χ0v) is 11.5. The number of carboxylic acid groups (broad SMARTS) is 1. The zero-order chi connectivity index (χ0) is 14.6. The molecule has 19 heavy (non-hydrogen) atoms. The number of likely N-dealkylation sites (N-methyl/N-ethyl adjacent to an activating group) is 1. The van der Waals surface area contributed by atoms with E-state index >= 15 is 0 Å². The summed E-state index contributed by atoms with van der Waals surface area (Å²) in [7, 11) is 1.69. The monoisotopic (exact) mass is 271 g/mol. The molecule has 0 saturated carbocycles. The Labute approximate surface area is 112 Å². The third-order valence-corrected chi connectivity index (χ3v) is 3.15. The fourth-order valence-electron chi connectivity index (χ4n) is 1.94. The van der Waals surface area contributed by atoms with Crippen LogP contribution in [0.25, 0.3) is 0 Å². The molecule has 1 atom stereocenters. The summed E-state index contributed by atoms with van der Waals surface area (Å²) in [6.45, 7) is 4.13. The summed E-state index contributed by atoms with van der Waals surface area (Å²) in [5, 5.41) is 13.9. The lowest BCUT2D eigenvalue weighted by molar-refractivity contribution is -0.137. The molecule has 1 aliphatic heterocycles. The van der Waals surface area contributed by atoms with E-state index in [9.17, 15) is 14.4 Å². The first-order valence-corrected chi connectivity index (χ1v) is 6.27. The second kappa shape index (κ2) is 5.90. The Balaban J connectivity index is 2.42. The molecule has 7 heteroatoms. The average Bonchev–Trinajstić information content (AvgIpc) is 2.58. The molecule has 1 saturated heterocycles. The molecule has 0 spiro atoms. The van der Waals surface area contributed by atoms with Crippen molar-refractivity contribution in [1.29, 1.82) is 0 Å². The highest BCUT2D eigenvalue weighted by atomic mass is 16.4. The number of nitrogens with one attached hydrogen (secondary N) is 2. The van der Waals surface area contributed by atoms with E-state index in [0.29, 0.717) is 19.4 Å². The van der Waals surface area contributed by atoms with Gasteiger partial charge in [-0.25, -0.2) is 4.79 Å². The molecule has 0 aromatic heterocycles. The van der Waals surface area contributed by atoms with Crippen molar-refractivity contribution in [2.75, 3.05) is 13.6 Å². The van der Waals surface area contributed by atoms with E-state index in [0.717, 1.165) is 0 Å². The summed E-state index contributed by atoms with van der Waals surface area (Å²) < 4.78 is 0. The normalized spacial score (nSPS) is 19.4. The second-order valence-electron chi connectivity index (χ2n) is 5.48. The fraction of sp³-hybridized carbons (Fsp3) is 0.750. The molecule has 0 aromatic carbocycles. The SMILES string of the molecule is CN1CCC(NC(=O)NC(C)(C)CCC(=O)O)C1=O. The lowest BCUT2D eigenvalue weighted by Crippen LogP contribution is -2.52. The maximum absolute atomic E-state index is 11.8. The maximum Gasteiger partial charge on any atom is 0.315 e. The van der Waals surface area contributed by atoms with E-state index in [-0.39, 0.29) is 12.3 Å². The Hall–Kier alpha value is -1.79. The molecule has 1 rings (SSSR count). The minimum absolute atomic E-state index is 0.0155. The minimum Gasteiger partial charge on any atom is -0.481 e. The van der Waals surface area contributed by atoms with Gasteiger partial charge in [0.1, 0.15) is 6.04 Å². The molecule has 7 nitrogen and oxygen atoms in total. The molecule has 1 fully saturated rings. The number of amides is 3. The number of carbonyl (C=O) groups excluding carboxylic acids is 2. The van der Waals surface area contributed by atoms with Gasteiger partial charge < -0.3 is 20.6 Å². The van der Waals surface area contributed by atoms with E-state index < -0.39 is 23.6 Å². The number of carbonyl (C=O) groups is 3. The summed E-state index contributed by atoms with van der Waals surface area (Å²) in [6.07, 6.45) is 0.908. The smallest absolute Gasteiger partial charge is 0.315 e. The summed E-state index contributed by atoms with van der Waals surface area (Å²) in [6, 6.07) is -0.927. The van der Waals surface area contributed by atoms with Crippen LogP contribution in [0.3, 0.4) is 0 Å². The van der Waals surface area contributed by atoms with Gasteiger partial charge in [0.15, 0.2) is 0 Å². The van der Waals surface area contributed by atoms with Crippen LogP contribution in [-0.4, -0.2) is 53.1 Å². The standard InChI is InChI=1S/C12H21N3O4/c1-12(2,6-4-9(16)17)14-11(19)13-8-5-7-15(3)10(8)18/h8H,4-7H2,1-3H3,(H,16,17)(H2,13,14,19). The van der Waals surface area contributed by atoms with Gasteiger partial charge in [-0.15, -0.1) is 0 Å². The summed E-state index contributed by atoms with van der Waals surface area (Å²) in [5.74, 6) is -0.999. The third-order valence-electron chi connectivity index (χ3n) is 3.15. The van der Waals surface area contributed by atoms with Crippen LogP contribution in [0.4, 0.5) is 4.79 Å². The molecule has 108 valence electrons. The van der Waals surface area contributed by atoms with Gasteiger partial charge in [0.2, 0.25) is 5.91 Å². The van der Waals surface area contributed by atoms with Crippen LogP contribution in [0.5, 0.6) is 0 Å². The Morgan fingerprint density at radius 3 is 2.58 bits per heavy atom. The fourth-order valence-corrected chi connectivity index (χ4v) is 1.94. The van der Waals surface area contributed by atoms with Crippen LogP contribution in [-0.2, 0) is 9.59 Å². The van der Waals surface area contributed by atoms with Gasteiger partial charge in [0, 0.05) is 25.6 Å². The number of aliphatic carboxylic acids is 1. The van der Waals surface area contributed by atoms with E-state index in [1.807, 2.05) is 0 Å². The van der Waals surface area contributed by atoms with Crippen LogP contribution in [0, 0.1) is 0 Å². The highest BCUT2D eigenvalue weighted by Gasteiger charge is 2.31. The van der Waals surface area contributed by atoms with Crippen LogP contribution in [0.2, 0.25) is 0 Å². The zero-order valence-electron chi connectivity index (χ0n) is 11.5. The quantitative estimate of drug-likeness (QED) is 0.663. The Morgan fingerprint density at radius 2 is 2.11 bits per heavy atom. The lowest BCUT2D eigenvalue weighted by atomic mass is 9.99. The predicted molar refractivity (Wildman–Crippen MR) is 68.7 cm³/mol. The van der Waals surface area contributed by atoms with Crippen molar-refractivity contribution in [2.45, 2.75) is 44.7 Å². The molecule has 0 radical (unpaired) electrons. The van der Waals surface area contributed by atoms with Crippen molar-refractivity contribution in [3.05, 3.63) is 0 Å². The molecular formula is C12H21N3O4. The molecule has 1 heterocycles. The van der Waals surface area contributed by atoms with Crippen molar-refractivity contribution >= 4 is 17.9 Å². The topological polar surface area (TPSA) is 98.7 Å². The van der Waals surface area contributed by atoms with Gasteiger partial charge in [-0.2, -0.15) is 0 Å². The maximum atomic E-state index is 11.8. The molecule has 0 bridgehead atoms. The van der Waals surface area contributed by atoms with Gasteiger partial charge >= 0.3 is 12.0 Å². The van der Waals surface area contributed by atoms with Gasteiger partial charge in [-0.05, 0) is 26.7 Å². The number of rotatable bonds is 5. The van der Waals surface area contributed by atoms with E-state index in [4.69, 9.17) is 5.11 Å². The number of nitrogens with zero attached hydrogens (tertiary/aromatic N) is 1. The number of likely N-dealkylation sites (tertiary alicyclic amines) is 1. The largest absolute Gasteiger partial charge is 0.481 e. The Morgan fingerprint density at radius 1 is 1.47 bits per heavy atom. The van der Waals surface area contributed by atoms with E-state index in [1.165, 1.54) is 0 Å². The minimum atomic E-state index is -0.900. The number of urea groups is 1. The van der Waals surface area contributed by atoms with Gasteiger partial charge in [-0.3, -0.25) is 9.59 Å². The van der Waals surface area contributed by atoms with Crippen molar-refractivity contribution in [3.63, 3.8) is 0 Å². The first kappa shape index (κ1) is 15.3. The number of hydrogen-bond acceptors (Lipinski definition) is 3. The van der Waals surface area contributed by atoms with Crippen LogP contribution in [0.15, 0.2) is 0 Å². The van der Waals surface area contributed by atoms with Crippen LogP contribution < -0.4 is 10.6 Å². The highest BCUT2D eigenvalue weighted by Crippen LogP contribution is 2.12. The predicted octanol–water partition coefficient (Wildman–Crippen LogP) is 0.160. The first-order valence-electron chi connectivity index (χ1n) is 6.27. The van der Waals surface area contributed by atoms with Crippen LogP contribution in [0.1, 0.15) is 33.1 Å². The number of carboxylic acids is 1. The molecule has 0 aromatic rings. The molecule has 3 N–H and O–H groups in total.